The number of guanidine groups is 1. The van der Waals surface area contributed by atoms with Crippen LogP contribution in [0, 0.1) is 0 Å². The highest BCUT2D eigenvalue weighted by atomic mass is 16.6. The molecule has 0 saturated carbocycles. The zero-order valence-electron chi connectivity index (χ0n) is 17.1. The topological polar surface area (TPSA) is 166 Å². The Balaban J connectivity index is 1.76. The van der Waals surface area contributed by atoms with Crippen LogP contribution in [0.4, 0.5) is 0 Å². The fourth-order valence-corrected chi connectivity index (χ4v) is 4.13. The number of nitrogens with zero attached hydrogens (tertiary/aromatic N) is 9. The third-order valence-corrected chi connectivity index (χ3v) is 5.60. The third kappa shape index (κ3) is 2.36. The van der Waals surface area contributed by atoms with Crippen LogP contribution in [-0.4, -0.2) is 91.5 Å². The Morgan fingerprint density at radius 2 is 1.57 bits per heavy atom. The SMILES string of the molecule is COC1N=C2N3C(NNC4N=C(C)N=C(C)[N+]24O)N1NNC1N=C(C)N=C(C)[N+]13O. The molecule has 0 aliphatic carbocycles. The van der Waals surface area contributed by atoms with Gasteiger partial charge in [-0.2, -0.15) is 51.8 Å². The van der Waals surface area contributed by atoms with Crippen molar-refractivity contribution in [3.63, 3.8) is 0 Å². The second-order valence-electron chi connectivity index (χ2n) is 7.41. The standard InChI is InChI=1S/C14H25N13O3/c1-6-15-8(3)26(28)10(17-6)20-22-12-24-14(30-5)19-13(26)25(12)27(29)9(4)16-7(2)18-11(27)21-23-24/h10-12,14,20-23,28-29H,1-5H3/q+2. The lowest BCUT2D eigenvalue weighted by Gasteiger charge is -2.46. The number of nitrogens with one attached hydrogen (secondary N) is 4. The molecule has 5 aliphatic heterocycles. The Morgan fingerprint density at radius 1 is 0.900 bits per heavy atom. The van der Waals surface area contributed by atoms with Gasteiger partial charge in [-0.25, -0.2) is 5.43 Å². The van der Waals surface area contributed by atoms with E-state index in [1.165, 1.54) is 12.1 Å². The molecule has 6 N–H and O–H groups in total. The number of hydroxylamine groups is 5. The number of hydrogen-bond donors (Lipinski definition) is 6. The first-order valence-electron chi connectivity index (χ1n) is 9.36. The van der Waals surface area contributed by atoms with Gasteiger partial charge in [0.1, 0.15) is 11.7 Å². The second-order valence-corrected chi connectivity index (χ2v) is 7.41. The zero-order chi connectivity index (χ0) is 21.4. The van der Waals surface area contributed by atoms with Gasteiger partial charge in [-0.15, -0.1) is 5.01 Å². The number of fused-ring (bicyclic) bond motifs is 3. The van der Waals surface area contributed by atoms with Gasteiger partial charge in [-0.1, -0.05) is 5.01 Å². The number of quaternary nitrogens is 2. The van der Waals surface area contributed by atoms with Crippen molar-refractivity contribution in [2.75, 3.05) is 7.11 Å². The maximum Gasteiger partial charge on any atom is 0.398 e. The van der Waals surface area contributed by atoms with Crippen LogP contribution in [0.1, 0.15) is 27.7 Å². The van der Waals surface area contributed by atoms with E-state index in [0.717, 1.165) is 0 Å². The summed E-state index contributed by atoms with van der Waals surface area (Å²) in [5.74, 6) is 1.65. The average molecular weight is 423 g/mol. The van der Waals surface area contributed by atoms with E-state index in [-0.39, 0.29) is 5.96 Å². The van der Waals surface area contributed by atoms with Gasteiger partial charge in [0.15, 0.2) is 0 Å². The highest BCUT2D eigenvalue weighted by molar-refractivity contribution is 5.98. The highest BCUT2D eigenvalue weighted by Gasteiger charge is 2.69. The molecule has 2 saturated heterocycles. The second kappa shape index (κ2) is 6.37. The summed E-state index contributed by atoms with van der Waals surface area (Å²) >= 11 is 0. The van der Waals surface area contributed by atoms with E-state index in [4.69, 9.17) is 4.74 Å². The van der Waals surface area contributed by atoms with Crippen LogP contribution in [0.15, 0.2) is 25.0 Å². The highest BCUT2D eigenvalue weighted by Crippen LogP contribution is 2.35. The lowest BCUT2D eigenvalue weighted by Crippen LogP contribution is -2.79. The summed E-state index contributed by atoms with van der Waals surface area (Å²) in [5.41, 5.74) is 12.1. The molecule has 16 heteroatoms. The van der Waals surface area contributed by atoms with E-state index in [2.05, 4.69) is 46.8 Å². The molecule has 16 nitrogen and oxygen atoms in total. The van der Waals surface area contributed by atoms with E-state index < -0.39 is 34.6 Å². The van der Waals surface area contributed by atoms with Crippen LogP contribution in [0.25, 0.3) is 0 Å². The minimum atomic E-state index is -0.923. The van der Waals surface area contributed by atoms with E-state index in [9.17, 15) is 10.4 Å². The fourth-order valence-electron chi connectivity index (χ4n) is 4.13. The lowest BCUT2D eigenvalue weighted by molar-refractivity contribution is -1.14. The molecule has 7 atom stereocenters. The summed E-state index contributed by atoms with van der Waals surface area (Å²) in [6.07, 6.45) is -3.50. The summed E-state index contributed by atoms with van der Waals surface area (Å²) in [5, 5.41) is 26.8. The minimum absolute atomic E-state index is 0.0467. The molecule has 0 spiro atoms. The summed E-state index contributed by atoms with van der Waals surface area (Å²) in [4.78, 5) is 22.2. The normalized spacial score (nSPS) is 45.0. The first-order valence-corrected chi connectivity index (χ1v) is 9.36. The van der Waals surface area contributed by atoms with E-state index >= 15 is 0 Å². The van der Waals surface area contributed by atoms with Gasteiger partial charge in [-0.3, -0.25) is 0 Å². The van der Waals surface area contributed by atoms with Crippen LogP contribution in [0.2, 0.25) is 0 Å². The van der Waals surface area contributed by atoms with Gasteiger partial charge >= 0.3 is 12.2 Å². The Labute approximate surface area is 171 Å². The molecule has 2 fully saturated rings. The molecule has 162 valence electrons. The Bertz CT molecular complexity index is 945. The predicted octanol–water partition coefficient (Wildman–Crippen LogP) is -2.10. The number of rotatable bonds is 1. The molecule has 0 aromatic carbocycles. The van der Waals surface area contributed by atoms with Gasteiger partial charge in [-0.05, 0) is 18.5 Å². The number of ether oxygens (including phenoxy) is 1. The van der Waals surface area contributed by atoms with Gasteiger partial charge in [0.2, 0.25) is 18.5 Å². The Hall–Kier alpha value is -2.25. The zero-order valence-corrected chi connectivity index (χ0v) is 17.1. The molecular weight excluding hydrogens is 398 g/mol. The Morgan fingerprint density at radius 3 is 2.27 bits per heavy atom. The monoisotopic (exact) mass is 423 g/mol. The summed E-state index contributed by atoms with van der Waals surface area (Å²) in [7, 11) is 1.49. The van der Waals surface area contributed by atoms with Crippen molar-refractivity contribution in [2.45, 2.75) is 52.9 Å². The molecule has 4 bridgehead atoms. The van der Waals surface area contributed by atoms with Crippen molar-refractivity contribution in [1.82, 2.24) is 31.8 Å². The molecular formula is C14H25N13O3+2. The lowest BCUT2D eigenvalue weighted by atomic mass is 10.4. The summed E-state index contributed by atoms with van der Waals surface area (Å²) < 4.78 is 3.69. The van der Waals surface area contributed by atoms with Crippen molar-refractivity contribution < 1.29 is 24.6 Å². The number of methoxy groups -OCH3 is 1. The molecule has 7 unspecified atom stereocenters. The third-order valence-electron chi connectivity index (χ3n) is 5.60. The van der Waals surface area contributed by atoms with E-state index in [1.54, 1.807) is 32.7 Å². The quantitative estimate of drug-likeness (QED) is 0.259. The van der Waals surface area contributed by atoms with Crippen LogP contribution in [0.3, 0.4) is 0 Å². The molecule has 5 rings (SSSR count). The van der Waals surface area contributed by atoms with Gasteiger partial charge < -0.3 is 4.74 Å². The number of hydrogen-bond acceptors (Lipinski definition) is 14. The molecule has 5 aliphatic rings. The van der Waals surface area contributed by atoms with E-state index in [1.807, 2.05) is 0 Å². The maximum atomic E-state index is 11.9. The first-order chi connectivity index (χ1) is 14.2. The summed E-state index contributed by atoms with van der Waals surface area (Å²) in [6, 6.07) is 0. The molecule has 5 heterocycles. The average Bonchev–Trinajstić information content (AvgIpc) is 2.84. The van der Waals surface area contributed by atoms with Gasteiger partial charge in [0, 0.05) is 25.7 Å². The largest absolute Gasteiger partial charge is 0.398 e. The summed E-state index contributed by atoms with van der Waals surface area (Å²) in [6.45, 7) is 6.80. The first kappa shape index (κ1) is 19.7. The predicted molar refractivity (Wildman–Crippen MR) is 102 cm³/mol. The fraction of sp³-hybridized carbons (Fsp3) is 0.643. The van der Waals surface area contributed by atoms with Gasteiger partial charge in [0.05, 0.1) is 0 Å². The maximum absolute atomic E-state index is 11.9. The van der Waals surface area contributed by atoms with Crippen molar-refractivity contribution in [1.29, 1.82) is 0 Å². The molecule has 0 aromatic rings. The Kier molecular flexibility index (Phi) is 4.19. The van der Waals surface area contributed by atoms with Gasteiger partial charge in [0.25, 0.3) is 12.1 Å². The van der Waals surface area contributed by atoms with Crippen LogP contribution in [-0.2, 0) is 4.74 Å². The van der Waals surface area contributed by atoms with Crippen LogP contribution in [0.5, 0.6) is 0 Å². The van der Waals surface area contributed by atoms with Crippen LogP contribution < -0.4 is 21.8 Å². The van der Waals surface area contributed by atoms with Crippen molar-refractivity contribution in [3.8, 4) is 0 Å². The smallest absolute Gasteiger partial charge is 0.346 e. The molecule has 0 radical (unpaired) electrons. The molecule has 0 amide bonds. The van der Waals surface area contributed by atoms with E-state index in [0.29, 0.717) is 23.3 Å². The van der Waals surface area contributed by atoms with Crippen molar-refractivity contribution in [3.05, 3.63) is 0 Å². The number of aliphatic imine (C=N–C) groups is 5. The molecule has 0 aromatic heterocycles. The molecule has 30 heavy (non-hydrogen) atoms. The van der Waals surface area contributed by atoms with Crippen molar-refractivity contribution >= 4 is 29.3 Å². The number of hydrazine groups is 3. The minimum Gasteiger partial charge on any atom is -0.346 e. The number of amidine groups is 4. The van der Waals surface area contributed by atoms with Crippen LogP contribution >= 0.6 is 0 Å². The van der Waals surface area contributed by atoms with Crippen molar-refractivity contribution in [2.24, 2.45) is 25.0 Å².